The van der Waals surface area contributed by atoms with Gasteiger partial charge in [0.2, 0.25) is 5.91 Å². The topological polar surface area (TPSA) is 128 Å². The van der Waals surface area contributed by atoms with Crippen LogP contribution in [0.3, 0.4) is 0 Å². The summed E-state index contributed by atoms with van der Waals surface area (Å²) in [6.07, 6.45) is 20.0. The van der Waals surface area contributed by atoms with Crippen LogP contribution < -0.4 is 5.73 Å². The molecule has 0 aliphatic heterocycles. The fourth-order valence-corrected chi connectivity index (χ4v) is 3.04. The summed E-state index contributed by atoms with van der Waals surface area (Å²) in [5.74, 6) is -0.182. The summed E-state index contributed by atoms with van der Waals surface area (Å²) in [5.41, 5.74) is 5.12. The number of carbonyl (C=O) groups is 1. The first-order valence-corrected chi connectivity index (χ1v) is 10.8. The first-order valence-electron chi connectivity index (χ1n) is 10.8. The van der Waals surface area contributed by atoms with Crippen molar-refractivity contribution in [3.63, 3.8) is 0 Å². The molecule has 0 aromatic carbocycles. The minimum Gasteiger partial charge on any atom is -0.370 e. The maximum Gasteiger partial charge on any atom is 0.217 e. The monoisotopic (exact) mass is 425 g/mol. The molecule has 0 radical (unpaired) electrons. The van der Waals surface area contributed by atoms with E-state index in [1.807, 2.05) is 0 Å². The van der Waals surface area contributed by atoms with Crippen molar-refractivity contribution in [1.82, 2.24) is 0 Å². The quantitative estimate of drug-likeness (QED) is 0.115. The van der Waals surface area contributed by atoms with E-state index >= 15 is 0 Å². The summed E-state index contributed by atoms with van der Waals surface area (Å²) >= 11 is 0. The lowest BCUT2D eigenvalue weighted by Crippen LogP contribution is -2.09. The van der Waals surface area contributed by atoms with E-state index in [0.717, 1.165) is 25.7 Å². The molecule has 0 saturated carbocycles. The number of nitrogens with two attached hydrogens (primary N) is 1. The van der Waals surface area contributed by atoms with Gasteiger partial charge in [0.1, 0.15) is 0 Å². The Morgan fingerprint density at radius 2 is 0.931 bits per heavy atom. The summed E-state index contributed by atoms with van der Waals surface area (Å²) in [6, 6.07) is 0. The summed E-state index contributed by atoms with van der Waals surface area (Å²) in [5, 5.41) is 29.6. The van der Waals surface area contributed by atoms with E-state index < -0.39 is 0 Å². The Labute approximate surface area is 173 Å². The largest absolute Gasteiger partial charge is 0.370 e. The second-order valence-electron chi connectivity index (χ2n) is 7.11. The Morgan fingerprint density at radius 3 is 1.38 bits per heavy atom. The molecule has 10 heteroatoms. The smallest absolute Gasteiger partial charge is 0.217 e. The third-order valence-corrected chi connectivity index (χ3v) is 4.59. The molecular weight excluding hydrogens is 386 g/mol. The first-order chi connectivity index (χ1) is 14.3. The van der Waals surface area contributed by atoms with E-state index in [0.29, 0.717) is 13.0 Å². The maximum absolute atomic E-state index is 10.6. The minimum absolute atomic E-state index is 0.182. The molecule has 0 unspecified atom stereocenters. The van der Waals surface area contributed by atoms with Crippen LogP contribution >= 0.6 is 0 Å². The highest BCUT2D eigenvalue weighted by Crippen LogP contribution is 2.14. The summed E-state index contributed by atoms with van der Waals surface area (Å²) in [7, 11) is 0. The molecule has 174 valence electrons. The molecule has 0 aromatic rings. The van der Waals surface area contributed by atoms with Crippen molar-refractivity contribution in [2.24, 2.45) is 5.73 Å². The molecule has 0 spiro atoms. The van der Waals surface area contributed by atoms with Crippen molar-refractivity contribution >= 4 is 5.91 Å². The Morgan fingerprint density at radius 1 is 0.552 bits per heavy atom. The SMILES string of the molecule is NC(=O)CCCCCCCCCCCCCCCCCCOOOOOOOO. The van der Waals surface area contributed by atoms with Gasteiger partial charge in [-0.25, -0.2) is 10.1 Å². The van der Waals surface area contributed by atoms with Gasteiger partial charge in [-0.2, -0.15) is 0 Å². The molecule has 10 nitrogen and oxygen atoms in total. The van der Waals surface area contributed by atoms with Crippen LogP contribution in [0.25, 0.3) is 0 Å². The van der Waals surface area contributed by atoms with E-state index in [1.165, 1.54) is 77.0 Å². The van der Waals surface area contributed by atoms with Gasteiger partial charge < -0.3 is 5.73 Å². The highest BCUT2D eigenvalue weighted by Gasteiger charge is 1.97. The van der Waals surface area contributed by atoms with Gasteiger partial charge in [0.25, 0.3) is 0 Å². The van der Waals surface area contributed by atoms with Crippen molar-refractivity contribution < 1.29 is 45.2 Å². The number of carbonyl (C=O) groups excluding carboxylic acids is 1. The molecule has 29 heavy (non-hydrogen) atoms. The van der Waals surface area contributed by atoms with Crippen molar-refractivity contribution in [3.05, 3.63) is 0 Å². The summed E-state index contributed by atoms with van der Waals surface area (Å²) in [6.45, 7) is 0.369. The Bertz CT molecular complexity index is 335. The fourth-order valence-electron chi connectivity index (χ4n) is 3.04. The van der Waals surface area contributed by atoms with E-state index in [9.17, 15) is 4.79 Å². The molecule has 0 rings (SSSR count). The van der Waals surface area contributed by atoms with Gasteiger partial charge in [-0.3, -0.25) is 4.79 Å². The third kappa shape index (κ3) is 27.1. The molecule has 0 bridgehead atoms. The molecule has 1 amide bonds. The highest BCUT2D eigenvalue weighted by atomic mass is 17.9. The lowest BCUT2D eigenvalue weighted by atomic mass is 10.0. The van der Waals surface area contributed by atoms with E-state index in [1.54, 1.807) is 0 Å². The molecular formula is C19H39NO9. The number of hydrogen-bond acceptors (Lipinski definition) is 9. The standard InChI is InChI=1S/C19H39NO9/c20-19(21)17-15-13-11-9-7-5-3-1-2-4-6-8-10-12-14-16-18-23-25-27-29-28-26-24-22/h22H,1-18H2,(H2,20,21). The highest BCUT2D eigenvalue weighted by molar-refractivity contribution is 5.73. The molecule has 0 saturated heterocycles. The molecule has 0 heterocycles. The minimum atomic E-state index is -0.182. The Kier molecular flexibility index (Phi) is 24.4. The van der Waals surface area contributed by atoms with Gasteiger partial charge in [0.15, 0.2) is 0 Å². The van der Waals surface area contributed by atoms with Gasteiger partial charge in [-0.1, -0.05) is 89.9 Å². The third-order valence-electron chi connectivity index (χ3n) is 4.59. The zero-order valence-electron chi connectivity index (χ0n) is 17.5. The van der Waals surface area contributed by atoms with Crippen LogP contribution in [0, 0.1) is 0 Å². The van der Waals surface area contributed by atoms with Crippen LogP contribution in [0.1, 0.15) is 109 Å². The van der Waals surface area contributed by atoms with Gasteiger partial charge in [0.05, 0.1) is 6.61 Å². The van der Waals surface area contributed by atoms with Crippen molar-refractivity contribution in [2.75, 3.05) is 6.61 Å². The van der Waals surface area contributed by atoms with Crippen molar-refractivity contribution in [3.8, 4) is 0 Å². The normalized spacial score (nSPS) is 11.2. The number of unbranched alkanes of at least 4 members (excludes halogenated alkanes) is 15. The summed E-state index contributed by atoms with van der Waals surface area (Å²) < 4.78 is 0. The van der Waals surface area contributed by atoms with Crippen LogP contribution in [0.2, 0.25) is 0 Å². The van der Waals surface area contributed by atoms with Crippen LogP contribution in [0.5, 0.6) is 0 Å². The van der Waals surface area contributed by atoms with Crippen LogP contribution in [-0.4, -0.2) is 17.8 Å². The van der Waals surface area contributed by atoms with Gasteiger partial charge in [-0.05, 0) is 43.1 Å². The van der Waals surface area contributed by atoms with E-state index in [2.05, 4.69) is 35.1 Å². The Balaban J connectivity index is 2.99. The van der Waals surface area contributed by atoms with Crippen LogP contribution in [-0.2, 0) is 39.9 Å². The fraction of sp³-hybridized carbons (Fsp3) is 0.947. The average Bonchev–Trinajstić information content (AvgIpc) is 2.71. The lowest BCUT2D eigenvalue weighted by Gasteiger charge is -2.04. The number of primary amides is 1. The van der Waals surface area contributed by atoms with Crippen molar-refractivity contribution in [2.45, 2.75) is 109 Å². The number of hydrogen-bond donors (Lipinski definition) is 2. The average molecular weight is 426 g/mol. The molecule has 3 N–H and O–H groups in total. The van der Waals surface area contributed by atoms with Gasteiger partial charge in [-0.15, -0.1) is 0 Å². The zero-order chi connectivity index (χ0) is 21.3. The van der Waals surface area contributed by atoms with Gasteiger partial charge >= 0.3 is 0 Å². The molecule has 0 fully saturated rings. The molecule has 0 aliphatic rings. The van der Waals surface area contributed by atoms with E-state index in [-0.39, 0.29) is 5.91 Å². The van der Waals surface area contributed by atoms with Crippen LogP contribution in [0.15, 0.2) is 0 Å². The second kappa shape index (κ2) is 25.2. The number of rotatable bonds is 25. The van der Waals surface area contributed by atoms with Crippen molar-refractivity contribution in [1.29, 1.82) is 0 Å². The summed E-state index contributed by atoms with van der Waals surface area (Å²) in [4.78, 5) is 15.3. The Hall–Kier alpha value is -0.850. The lowest BCUT2D eigenvalue weighted by molar-refractivity contribution is -0.812. The second-order valence-corrected chi connectivity index (χ2v) is 7.11. The molecule has 0 atom stereocenters. The predicted octanol–water partition coefficient (Wildman–Crippen LogP) is 5.18. The predicted molar refractivity (Wildman–Crippen MR) is 103 cm³/mol. The number of amides is 1. The molecule has 0 aliphatic carbocycles. The first kappa shape index (κ1) is 28.1. The molecule has 0 aromatic heterocycles. The van der Waals surface area contributed by atoms with Gasteiger partial charge in [0, 0.05) is 6.42 Å². The maximum atomic E-state index is 10.6. The zero-order valence-corrected chi connectivity index (χ0v) is 17.5. The van der Waals surface area contributed by atoms with E-state index in [4.69, 9.17) is 11.0 Å². The van der Waals surface area contributed by atoms with Crippen LogP contribution in [0.4, 0.5) is 0 Å².